The first-order chi connectivity index (χ1) is 7.68. The molecule has 0 fully saturated rings. The largest absolute Gasteiger partial charge is 0.467 e. The van der Waals surface area contributed by atoms with Crippen LogP contribution in [0, 0.1) is 0 Å². The Kier molecular flexibility index (Phi) is 2.63. The highest BCUT2D eigenvalue weighted by Gasteiger charge is 2.16. The number of furan rings is 1. The summed E-state index contributed by atoms with van der Waals surface area (Å²) >= 11 is 0. The van der Waals surface area contributed by atoms with E-state index in [0.29, 0.717) is 11.3 Å². The third kappa shape index (κ3) is 1.90. The topological polar surface area (TPSA) is 96.9 Å². The molecule has 0 aromatic carbocycles. The number of nitrogens with zero attached hydrogens (tertiary/aromatic N) is 1. The Balaban J connectivity index is 2.06. The molecule has 0 saturated carbocycles. The molecule has 6 nitrogen and oxygen atoms in total. The summed E-state index contributed by atoms with van der Waals surface area (Å²) in [6, 6.07) is 3.35. The van der Waals surface area contributed by atoms with Crippen LogP contribution >= 0.6 is 0 Å². The number of anilines is 1. The number of hydrogen-bond acceptors (Lipinski definition) is 4. The number of aromatic nitrogens is 2. The highest BCUT2D eigenvalue weighted by Crippen LogP contribution is 2.14. The number of carbonyl (C=O) groups excluding carboxylic acids is 1. The second kappa shape index (κ2) is 4.09. The lowest BCUT2D eigenvalue weighted by atomic mass is 10.2. The molecule has 4 N–H and O–H groups in total. The Bertz CT molecular complexity index is 475. The number of aromatic amines is 1. The molecule has 0 radical (unpaired) electrons. The fraction of sp³-hybridized carbons (Fsp3) is 0.200. The number of nitrogens with two attached hydrogens (primary N) is 1. The van der Waals surface area contributed by atoms with Gasteiger partial charge in [0.1, 0.15) is 17.1 Å². The number of nitrogen functional groups attached to an aromatic ring is 1. The first kappa shape index (κ1) is 10.3. The molecule has 0 spiro atoms. The maximum atomic E-state index is 11.7. The molecule has 0 saturated heterocycles. The maximum Gasteiger partial charge on any atom is 0.257 e. The smallest absolute Gasteiger partial charge is 0.257 e. The summed E-state index contributed by atoms with van der Waals surface area (Å²) in [5.74, 6) is 0.662. The number of hydrogen-bond donors (Lipinski definition) is 3. The van der Waals surface area contributed by atoms with Crippen LogP contribution in [-0.4, -0.2) is 16.1 Å². The van der Waals surface area contributed by atoms with Gasteiger partial charge in [0.05, 0.1) is 18.5 Å². The van der Waals surface area contributed by atoms with Gasteiger partial charge >= 0.3 is 0 Å². The minimum atomic E-state index is -0.282. The summed E-state index contributed by atoms with van der Waals surface area (Å²) in [5, 5.41) is 8.93. The Morgan fingerprint density at radius 2 is 2.50 bits per heavy atom. The van der Waals surface area contributed by atoms with Crippen molar-refractivity contribution in [3.8, 4) is 0 Å². The van der Waals surface area contributed by atoms with Gasteiger partial charge in [-0.1, -0.05) is 0 Å². The Hall–Kier alpha value is -2.24. The number of nitrogens with one attached hydrogen (secondary N) is 2. The molecule has 2 aromatic heterocycles. The van der Waals surface area contributed by atoms with Crippen molar-refractivity contribution in [1.82, 2.24) is 15.5 Å². The summed E-state index contributed by atoms with van der Waals surface area (Å²) in [6.45, 7) is 1.83. The molecule has 0 aliphatic carbocycles. The van der Waals surface area contributed by atoms with E-state index in [1.165, 1.54) is 6.20 Å². The molecule has 0 aliphatic rings. The number of rotatable bonds is 3. The van der Waals surface area contributed by atoms with Crippen LogP contribution in [0.15, 0.2) is 29.0 Å². The van der Waals surface area contributed by atoms with Crippen molar-refractivity contribution in [1.29, 1.82) is 0 Å². The van der Waals surface area contributed by atoms with Gasteiger partial charge in [-0.25, -0.2) is 0 Å². The molecule has 6 heteroatoms. The van der Waals surface area contributed by atoms with E-state index in [9.17, 15) is 4.79 Å². The fourth-order valence-corrected chi connectivity index (χ4v) is 1.36. The SMILES string of the molecule is CC(NC(=O)c1cn[nH]c1N)c1ccco1. The van der Waals surface area contributed by atoms with Crippen LogP contribution in [0.4, 0.5) is 5.82 Å². The molecule has 2 rings (SSSR count). The number of amides is 1. The standard InChI is InChI=1S/C10H12N4O2/c1-6(8-3-2-4-16-8)13-10(15)7-5-12-14-9(7)11/h2-6H,1H3,(H,13,15)(H3,11,12,14). The third-order valence-electron chi connectivity index (χ3n) is 2.23. The summed E-state index contributed by atoms with van der Waals surface area (Å²) in [5.41, 5.74) is 5.87. The Labute approximate surface area is 91.8 Å². The van der Waals surface area contributed by atoms with Gasteiger partial charge in [-0.2, -0.15) is 5.10 Å². The van der Waals surface area contributed by atoms with Crippen LogP contribution in [-0.2, 0) is 0 Å². The third-order valence-corrected chi connectivity index (χ3v) is 2.23. The minimum absolute atomic E-state index is 0.211. The zero-order valence-electron chi connectivity index (χ0n) is 8.73. The van der Waals surface area contributed by atoms with Crippen molar-refractivity contribution in [2.45, 2.75) is 13.0 Å². The molecule has 2 heterocycles. The average Bonchev–Trinajstić information content (AvgIpc) is 2.86. The first-order valence-electron chi connectivity index (χ1n) is 4.81. The van der Waals surface area contributed by atoms with E-state index in [4.69, 9.17) is 10.2 Å². The highest BCUT2D eigenvalue weighted by molar-refractivity contribution is 5.98. The van der Waals surface area contributed by atoms with Gasteiger partial charge in [-0.3, -0.25) is 9.89 Å². The van der Waals surface area contributed by atoms with Crippen molar-refractivity contribution in [3.05, 3.63) is 35.9 Å². The van der Waals surface area contributed by atoms with E-state index in [-0.39, 0.29) is 17.8 Å². The van der Waals surface area contributed by atoms with Crippen molar-refractivity contribution >= 4 is 11.7 Å². The second-order valence-corrected chi connectivity index (χ2v) is 3.41. The molecule has 2 aromatic rings. The van der Waals surface area contributed by atoms with Crippen LogP contribution in [0.5, 0.6) is 0 Å². The van der Waals surface area contributed by atoms with E-state index in [1.54, 1.807) is 18.4 Å². The van der Waals surface area contributed by atoms with Gasteiger partial charge in [0.25, 0.3) is 5.91 Å². The normalized spacial score (nSPS) is 12.3. The predicted octanol–water partition coefficient (Wildman–Crippen LogP) is 1.08. The zero-order valence-corrected chi connectivity index (χ0v) is 8.73. The fourth-order valence-electron chi connectivity index (χ4n) is 1.36. The average molecular weight is 220 g/mol. The molecule has 1 atom stereocenters. The van der Waals surface area contributed by atoms with E-state index in [0.717, 1.165) is 0 Å². The Morgan fingerprint density at radius 1 is 1.69 bits per heavy atom. The van der Waals surface area contributed by atoms with E-state index in [1.807, 2.05) is 6.92 Å². The number of carbonyl (C=O) groups is 1. The second-order valence-electron chi connectivity index (χ2n) is 3.41. The molecule has 1 unspecified atom stereocenters. The van der Waals surface area contributed by atoms with Crippen molar-refractivity contribution in [2.75, 3.05) is 5.73 Å². The summed E-state index contributed by atoms with van der Waals surface area (Å²) in [7, 11) is 0. The van der Waals surface area contributed by atoms with E-state index >= 15 is 0 Å². The zero-order chi connectivity index (χ0) is 11.5. The molecule has 84 valence electrons. The van der Waals surface area contributed by atoms with Crippen LogP contribution in [0.1, 0.15) is 29.1 Å². The first-order valence-corrected chi connectivity index (χ1v) is 4.81. The maximum absolute atomic E-state index is 11.7. The van der Waals surface area contributed by atoms with Crippen molar-refractivity contribution in [3.63, 3.8) is 0 Å². The van der Waals surface area contributed by atoms with Crippen LogP contribution in [0.2, 0.25) is 0 Å². The van der Waals surface area contributed by atoms with Gasteiger partial charge in [0, 0.05) is 0 Å². The minimum Gasteiger partial charge on any atom is -0.467 e. The predicted molar refractivity (Wildman–Crippen MR) is 57.6 cm³/mol. The molecule has 1 amide bonds. The molecule has 0 aliphatic heterocycles. The van der Waals surface area contributed by atoms with Crippen molar-refractivity contribution < 1.29 is 9.21 Å². The van der Waals surface area contributed by atoms with Gasteiger partial charge < -0.3 is 15.5 Å². The summed E-state index contributed by atoms with van der Waals surface area (Å²) < 4.78 is 5.17. The quantitative estimate of drug-likeness (QED) is 0.720. The summed E-state index contributed by atoms with van der Waals surface area (Å²) in [4.78, 5) is 11.7. The lowest BCUT2D eigenvalue weighted by Crippen LogP contribution is -2.26. The lowest BCUT2D eigenvalue weighted by molar-refractivity contribution is 0.0936. The van der Waals surface area contributed by atoms with Crippen LogP contribution < -0.4 is 11.1 Å². The van der Waals surface area contributed by atoms with Gasteiger partial charge in [0.15, 0.2) is 0 Å². The molecule has 16 heavy (non-hydrogen) atoms. The van der Waals surface area contributed by atoms with Gasteiger partial charge in [0.2, 0.25) is 0 Å². The van der Waals surface area contributed by atoms with Crippen molar-refractivity contribution in [2.24, 2.45) is 0 Å². The van der Waals surface area contributed by atoms with E-state index < -0.39 is 0 Å². The lowest BCUT2D eigenvalue weighted by Gasteiger charge is -2.10. The molecule has 0 bridgehead atoms. The Morgan fingerprint density at radius 3 is 3.06 bits per heavy atom. The summed E-state index contributed by atoms with van der Waals surface area (Å²) in [6.07, 6.45) is 2.95. The van der Waals surface area contributed by atoms with Crippen LogP contribution in [0.3, 0.4) is 0 Å². The highest BCUT2D eigenvalue weighted by atomic mass is 16.3. The number of H-pyrrole nitrogens is 1. The molecular formula is C10H12N4O2. The molecular weight excluding hydrogens is 208 g/mol. The monoisotopic (exact) mass is 220 g/mol. The van der Waals surface area contributed by atoms with Gasteiger partial charge in [-0.15, -0.1) is 0 Å². The van der Waals surface area contributed by atoms with Gasteiger partial charge in [-0.05, 0) is 19.1 Å². The van der Waals surface area contributed by atoms with Crippen LogP contribution in [0.25, 0.3) is 0 Å². The van der Waals surface area contributed by atoms with E-state index in [2.05, 4.69) is 15.5 Å².